The Labute approximate surface area is 230 Å². The van der Waals surface area contributed by atoms with E-state index in [2.05, 4.69) is 0 Å². The normalized spacial score (nSPS) is 20.4. The summed E-state index contributed by atoms with van der Waals surface area (Å²) in [7, 11) is 0. The zero-order valence-corrected chi connectivity index (χ0v) is 22.1. The average molecular weight is 561 g/mol. The number of hydrogen-bond acceptors (Lipinski definition) is 0. The Morgan fingerprint density at radius 2 is 1.38 bits per heavy atom. The van der Waals surface area contributed by atoms with E-state index in [0.717, 1.165) is 55.1 Å². The van der Waals surface area contributed by atoms with Gasteiger partial charge >= 0.3 is 6.18 Å². The van der Waals surface area contributed by atoms with Crippen molar-refractivity contribution in [2.45, 2.75) is 82.7 Å². The number of rotatable bonds is 5. The summed E-state index contributed by atoms with van der Waals surface area (Å²) in [6, 6.07) is 7.67. The lowest BCUT2D eigenvalue weighted by Gasteiger charge is -2.30. The van der Waals surface area contributed by atoms with Crippen molar-refractivity contribution in [1.82, 2.24) is 0 Å². The van der Waals surface area contributed by atoms with Gasteiger partial charge in [0, 0.05) is 11.5 Å². The van der Waals surface area contributed by atoms with E-state index in [1.54, 1.807) is 6.07 Å². The summed E-state index contributed by atoms with van der Waals surface area (Å²) in [6.45, 7) is 0. The zero-order valence-electron chi connectivity index (χ0n) is 22.1. The molecule has 0 spiro atoms. The second kappa shape index (κ2) is 11.8. The molecule has 0 atom stereocenters. The predicted octanol–water partition coefficient (Wildman–Crippen LogP) is 10.6. The Balaban J connectivity index is 1.31. The van der Waals surface area contributed by atoms with Crippen LogP contribution in [-0.2, 0) is 0 Å². The summed E-state index contributed by atoms with van der Waals surface area (Å²) < 4.78 is 96.6. The quantitative estimate of drug-likeness (QED) is 0.215. The van der Waals surface area contributed by atoms with Crippen LogP contribution in [0.25, 0.3) is 21.9 Å². The third-order valence-corrected chi connectivity index (χ3v) is 8.74. The highest BCUT2D eigenvalue weighted by Gasteiger charge is 2.26. The first-order valence-electron chi connectivity index (χ1n) is 14.1. The smallest absolute Gasteiger partial charge is 0.206 e. The van der Waals surface area contributed by atoms with Gasteiger partial charge in [-0.15, -0.1) is 0 Å². The zero-order chi connectivity index (χ0) is 28.4. The monoisotopic (exact) mass is 560 g/mol. The van der Waals surface area contributed by atoms with Crippen LogP contribution >= 0.6 is 0 Å². The number of halogens is 7. The van der Waals surface area contributed by atoms with Crippen molar-refractivity contribution in [1.29, 1.82) is 0 Å². The molecule has 7 heteroatoms. The van der Waals surface area contributed by atoms with E-state index in [-0.39, 0.29) is 22.4 Å². The van der Waals surface area contributed by atoms with Gasteiger partial charge in [-0.25, -0.2) is 17.6 Å². The topological polar surface area (TPSA) is 0 Å². The lowest BCUT2D eigenvalue weighted by molar-refractivity contribution is -0.0696. The lowest BCUT2D eigenvalue weighted by Crippen LogP contribution is -2.15. The average Bonchev–Trinajstić information content (AvgIpc) is 2.91. The van der Waals surface area contributed by atoms with Crippen molar-refractivity contribution in [3.8, 4) is 23.0 Å². The molecule has 0 unspecified atom stereocenters. The van der Waals surface area contributed by atoms with Gasteiger partial charge in [0.15, 0.2) is 5.82 Å². The molecule has 3 aromatic rings. The Hall–Kier alpha value is -3.01. The van der Waals surface area contributed by atoms with Crippen LogP contribution in [0.3, 0.4) is 0 Å². The molecular weight excluding hydrogens is 529 g/mol. The highest BCUT2D eigenvalue weighted by Crippen LogP contribution is 2.40. The van der Waals surface area contributed by atoms with Crippen LogP contribution in [0.1, 0.15) is 87.7 Å². The first-order chi connectivity index (χ1) is 19.1. The van der Waals surface area contributed by atoms with E-state index in [9.17, 15) is 26.3 Å². The molecule has 0 bridgehead atoms. The second-order valence-electron chi connectivity index (χ2n) is 11.4. The van der Waals surface area contributed by atoms with Crippen molar-refractivity contribution < 1.29 is 30.7 Å². The highest BCUT2D eigenvalue weighted by molar-refractivity contribution is 5.90. The van der Waals surface area contributed by atoms with Crippen molar-refractivity contribution in [3.05, 3.63) is 70.8 Å². The van der Waals surface area contributed by atoms with E-state index < -0.39 is 40.4 Å². The van der Waals surface area contributed by atoms with Gasteiger partial charge in [0.1, 0.15) is 17.5 Å². The van der Waals surface area contributed by atoms with Crippen molar-refractivity contribution in [2.75, 3.05) is 0 Å². The molecule has 0 radical (unpaired) electrons. The molecule has 0 amide bonds. The maximum absolute atomic E-state index is 15.3. The molecule has 3 aromatic carbocycles. The van der Waals surface area contributed by atoms with Gasteiger partial charge in [0.25, 0.3) is 0 Å². The number of hydrogen-bond donors (Lipinski definition) is 0. The van der Waals surface area contributed by atoms with Crippen LogP contribution in [0.2, 0.25) is 0 Å². The number of alkyl halides is 3. The van der Waals surface area contributed by atoms with Crippen LogP contribution < -0.4 is 0 Å². The summed E-state index contributed by atoms with van der Waals surface area (Å²) in [5.41, 5.74) is -0.130. The maximum Gasteiger partial charge on any atom is 0.458 e. The first-order valence-corrected chi connectivity index (χ1v) is 14.1. The molecule has 2 aliphatic carbocycles. The van der Waals surface area contributed by atoms with Crippen LogP contribution in [-0.4, -0.2) is 6.18 Å². The summed E-state index contributed by atoms with van der Waals surface area (Å²) in [4.78, 5) is 0. The fourth-order valence-electron chi connectivity index (χ4n) is 6.57. The summed E-state index contributed by atoms with van der Waals surface area (Å²) in [5.74, 6) is -0.528. The van der Waals surface area contributed by atoms with Gasteiger partial charge in [-0.1, -0.05) is 63.0 Å². The van der Waals surface area contributed by atoms with Gasteiger partial charge < -0.3 is 0 Å². The molecular formula is C33H31F7. The maximum atomic E-state index is 15.3. The molecule has 0 heterocycles. The lowest BCUT2D eigenvalue weighted by atomic mass is 9.75. The van der Waals surface area contributed by atoms with Crippen molar-refractivity contribution in [3.63, 3.8) is 0 Å². The minimum Gasteiger partial charge on any atom is -0.206 e. The molecule has 0 N–H and O–H groups in total. The molecule has 0 aromatic heterocycles. The van der Waals surface area contributed by atoms with Gasteiger partial charge in [-0.05, 0) is 84.2 Å². The summed E-state index contributed by atoms with van der Waals surface area (Å²) >= 11 is 0. The Kier molecular flexibility index (Phi) is 8.44. The highest BCUT2D eigenvalue weighted by atomic mass is 19.4. The van der Waals surface area contributed by atoms with E-state index >= 15 is 4.39 Å². The van der Waals surface area contributed by atoms with E-state index in [0.29, 0.717) is 6.07 Å². The van der Waals surface area contributed by atoms with Crippen LogP contribution in [0.15, 0.2) is 36.4 Å². The molecule has 5 rings (SSSR count). The summed E-state index contributed by atoms with van der Waals surface area (Å²) in [6.07, 6.45) is 8.70. The Morgan fingerprint density at radius 3 is 2.02 bits per heavy atom. The van der Waals surface area contributed by atoms with Crippen LogP contribution in [0.5, 0.6) is 0 Å². The minimum atomic E-state index is -4.96. The van der Waals surface area contributed by atoms with Crippen molar-refractivity contribution >= 4 is 10.8 Å². The fraction of sp³-hybridized carbons (Fsp3) is 0.455. The molecule has 40 heavy (non-hydrogen) atoms. The van der Waals surface area contributed by atoms with E-state index in [1.807, 2.05) is 6.07 Å². The number of fused-ring (bicyclic) bond motifs is 1. The first kappa shape index (κ1) is 28.5. The predicted molar refractivity (Wildman–Crippen MR) is 143 cm³/mol. The van der Waals surface area contributed by atoms with Gasteiger partial charge in [-0.2, -0.15) is 13.2 Å². The van der Waals surface area contributed by atoms with Crippen molar-refractivity contribution in [2.24, 2.45) is 11.8 Å². The molecule has 2 saturated carbocycles. The van der Waals surface area contributed by atoms with Gasteiger partial charge in [0.2, 0.25) is 0 Å². The van der Waals surface area contributed by atoms with Crippen LogP contribution in [0.4, 0.5) is 30.7 Å². The SMILES string of the molecule is Fc1cc(C2CCC(CCC3CCCCC3)CC2)ccc1-c1cc(F)c2c(F)c(C#CC(F)(F)F)c(F)cc2c1. The standard InChI is InChI=1S/C33H31F7/c34-28-17-23(22-10-8-21(9-11-22)7-6-20-4-2-1-3-5-20)12-13-26(28)24-16-25-19-29(35)27(14-15-33(38,39)40)32(37)31(25)30(36)18-24/h12-13,16-22H,1-11H2. The third kappa shape index (κ3) is 6.48. The fourth-order valence-corrected chi connectivity index (χ4v) is 6.57. The van der Waals surface area contributed by atoms with Gasteiger partial charge in [0.05, 0.1) is 10.9 Å². The van der Waals surface area contributed by atoms with E-state index in [4.69, 9.17) is 0 Å². The Bertz CT molecular complexity index is 1430. The largest absolute Gasteiger partial charge is 0.458 e. The number of benzene rings is 3. The molecule has 0 aliphatic heterocycles. The second-order valence-corrected chi connectivity index (χ2v) is 11.4. The third-order valence-electron chi connectivity index (χ3n) is 8.74. The minimum absolute atomic E-state index is 0.0764. The molecule has 2 fully saturated rings. The van der Waals surface area contributed by atoms with Gasteiger partial charge in [-0.3, -0.25) is 0 Å². The van der Waals surface area contributed by atoms with Crippen LogP contribution in [0, 0.1) is 46.9 Å². The molecule has 2 aliphatic rings. The molecule has 212 valence electrons. The molecule has 0 saturated heterocycles. The summed E-state index contributed by atoms with van der Waals surface area (Å²) in [5, 5.41) is -0.938. The Morgan fingerprint density at radius 1 is 0.700 bits per heavy atom. The van der Waals surface area contributed by atoms with E-state index in [1.165, 1.54) is 63.0 Å². The molecule has 0 nitrogen and oxygen atoms in total.